The number of carbonyl (C=O) groups is 1. The maximum Gasteiger partial charge on any atom is 0.314 e. The molecular weight excluding hydrogens is 306 g/mol. The minimum absolute atomic E-state index is 0.151. The summed E-state index contributed by atoms with van der Waals surface area (Å²) in [7, 11) is 0. The number of nitrogens with zero attached hydrogens (tertiary/aromatic N) is 1. The molecular formula is C18H29N3O3. The van der Waals surface area contributed by atoms with Crippen molar-refractivity contribution in [1.29, 1.82) is 0 Å². The van der Waals surface area contributed by atoms with Gasteiger partial charge in [-0.3, -0.25) is 4.90 Å². The molecule has 1 aliphatic heterocycles. The Labute approximate surface area is 144 Å². The second kappa shape index (κ2) is 10.2. The van der Waals surface area contributed by atoms with Crippen molar-refractivity contribution in [2.75, 3.05) is 52.5 Å². The number of morpholine rings is 1. The Balaban J connectivity index is 1.52. The molecule has 0 radical (unpaired) electrons. The van der Waals surface area contributed by atoms with Crippen LogP contribution in [0, 0.1) is 0 Å². The molecule has 1 saturated heterocycles. The molecule has 1 heterocycles. The van der Waals surface area contributed by atoms with E-state index in [2.05, 4.69) is 41.5 Å². The summed E-state index contributed by atoms with van der Waals surface area (Å²) in [4.78, 5) is 14.0. The van der Waals surface area contributed by atoms with Crippen LogP contribution in [0.2, 0.25) is 0 Å². The second-order valence-electron chi connectivity index (χ2n) is 6.21. The Kier molecular flexibility index (Phi) is 7.85. The molecule has 0 spiro atoms. The van der Waals surface area contributed by atoms with Crippen molar-refractivity contribution in [2.45, 2.75) is 19.8 Å². The van der Waals surface area contributed by atoms with E-state index < -0.39 is 0 Å². The van der Waals surface area contributed by atoms with Crippen LogP contribution in [0.25, 0.3) is 0 Å². The van der Waals surface area contributed by atoms with Crippen LogP contribution in [0.3, 0.4) is 0 Å². The van der Waals surface area contributed by atoms with Crippen LogP contribution in [-0.2, 0) is 4.74 Å². The number of benzene rings is 1. The number of carbonyl (C=O) groups excluding carboxylic acids is 1. The fourth-order valence-corrected chi connectivity index (χ4v) is 2.50. The lowest BCUT2D eigenvalue weighted by Gasteiger charge is -2.26. The predicted molar refractivity (Wildman–Crippen MR) is 94.7 cm³/mol. The van der Waals surface area contributed by atoms with Gasteiger partial charge in [0, 0.05) is 26.2 Å². The molecule has 0 bridgehead atoms. The molecule has 1 fully saturated rings. The molecule has 0 saturated carbocycles. The number of hydrogen-bond donors (Lipinski definition) is 2. The number of amides is 2. The summed E-state index contributed by atoms with van der Waals surface area (Å²) in [5.41, 5.74) is 1.29. The highest BCUT2D eigenvalue weighted by atomic mass is 16.5. The van der Waals surface area contributed by atoms with Crippen LogP contribution in [0.1, 0.15) is 25.3 Å². The third kappa shape index (κ3) is 6.76. The monoisotopic (exact) mass is 335 g/mol. The van der Waals surface area contributed by atoms with E-state index in [9.17, 15) is 4.79 Å². The van der Waals surface area contributed by atoms with E-state index in [1.54, 1.807) is 0 Å². The van der Waals surface area contributed by atoms with Crippen LogP contribution in [0.4, 0.5) is 4.79 Å². The van der Waals surface area contributed by atoms with Gasteiger partial charge in [-0.25, -0.2) is 4.79 Å². The van der Waals surface area contributed by atoms with Crippen molar-refractivity contribution in [3.05, 3.63) is 29.8 Å². The van der Waals surface area contributed by atoms with Gasteiger partial charge in [-0.05, 0) is 23.6 Å². The Morgan fingerprint density at radius 3 is 2.50 bits per heavy atom. The number of rotatable bonds is 8. The van der Waals surface area contributed by atoms with Gasteiger partial charge in [0.1, 0.15) is 12.4 Å². The molecule has 2 N–H and O–H groups in total. The van der Waals surface area contributed by atoms with Gasteiger partial charge in [-0.2, -0.15) is 0 Å². The zero-order valence-corrected chi connectivity index (χ0v) is 14.7. The maximum absolute atomic E-state index is 11.7. The van der Waals surface area contributed by atoms with Crippen molar-refractivity contribution >= 4 is 6.03 Å². The zero-order valence-electron chi connectivity index (χ0n) is 14.7. The average molecular weight is 335 g/mol. The van der Waals surface area contributed by atoms with Gasteiger partial charge in [-0.15, -0.1) is 0 Å². The number of urea groups is 1. The van der Waals surface area contributed by atoms with E-state index in [-0.39, 0.29) is 6.03 Å². The highest BCUT2D eigenvalue weighted by Gasteiger charge is 2.09. The molecule has 1 aromatic rings. The molecule has 2 rings (SSSR count). The first-order valence-corrected chi connectivity index (χ1v) is 8.69. The quantitative estimate of drug-likeness (QED) is 0.712. The van der Waals surface area contributed by atoms with Gasteiger partial charge in [0.25, 0.3) is 0 Å². The van der Waals surface area contributed by atoms with Gasteiger partial charge in [0.2, 0.25) is 0 Å². The summed E-state index contributed by atoms with van der Waals surface area (Å²) in [6.45, 7) is 10.2. The topological polar surface area (TPSA) is 62.8 Å². The average Bonchev–Trinajstić information content (AvgIpc) is 2.60. The predicted octanol–water partition coefficient (Wildman–Crippen LogP) is 1.82. The molecule has 2 amide bonds. The smallest absolute Gasteiger partial charge is 0.314 e. The van der Waals surface area contributed by atoms with E-state index in [0.29, 0.717) is 25.6 Å². The molecule has 134 valence electrons. The van der Waals surface area contributed by atoms with Gasteiger partial charge in [0.15, 0.2) is 0 Å². The lowest BCUT2D eigenvalue weighted by molar-refractivity contribution is 0.0387. The number of nitrogens with one attached hydrogen (secondary N) is 2. The molecule has 0 aromatic heterocycles. The summed E-state index contributed by atoms with van der Waals surface area (Å²) in [5.74, 6) is 1.34. The standard InChI is InChI=1S/C18H29N3O3/c1-15(2)16-3-5-17(6-4-16)24-12-8-20-18(22)19-7-9-21-10-13-23-14-11-21/h3-6,15H,7-14H2,1-2H3,(H2,19,20,22). The van der Waals surface area contributed by atoms with E-state index in [1.165, 1.54) is 5.56 Å². The van der Waals surface area contributed by atoms with Crippen LogP contribution in [-0.4, -0.2) is 63.5 Å². The highest BCUT2D eigenvalue weighted by Crippen LogP contribution is 2.18. The third-order valence-electron chi connectivity index (χ3n) is 4.02. The lowest BCUT2D eigenvalue weighted by Crippen LogP contribution is -2.44. The van der Waals surface area contributed by atoms with Crippen molar-refractivity contribution in [3.8, 4) is 5.75 Å². The molecule has 1 aliphatic rings. The van der Waals surface area contributed by atoms with Crippen LogP contribution < -0.4 is 15.4 Å². The van der Waals surface area contributed by atoms with Crippen molar-refractivity contribution in [3.63, 3.8) is 0 Å². The molecule has 0 unspecified atom stereocenters. The molecule has 0 atom stereocenters. The van der Waals surface area contributed by atoms with Gasteiger partial charge < -0.3 is 20.1 Å². The first kappa shape index (κ1) is 18.5. The summed E-state index contributed by atoms with van der Waals surface area (Å²) in [5, 5.41) is 5.66. The summed E-state index contributed by atoms with van der Waals surface area (Å²) >= 11 is 0. The first-order chi connectivity index (χ1) is 11.6. The van der Waals surface area contributed by atoms with Crippen LogP contribution in [0.5, 0.6) is 5.75 Å². The van der Waals surface area contributed by atoms with Gasteiger partial charge in [-0.1, -0.05) is 26.0 Å². The normalized spacial score (nSPS) is 15.3. The van der Waals surface area contributed by atoms with Crippen molar-refractivity contribution < 1.29 is 14.3 Å². The highest BCUT2D eigenvalue weighted by molar-refractivity contribution is 5.73. The van der Waals surface area contributed by atoms with Crippen LogP contribution >= 0.6 is 0 Å². The Morgan fingerprint density at radius 2 is 1.83 bits per heavy atom. The Morgan fingerprint density at radius 1 is 1.17 bits per heavy atom. The maximum atomic E-state index is 11.7. The largest absolute Gasteiger partial charge is 0.492 e. The number of ether oxygens (including phenoxy) is 2. The third-order valence-corrected chi connectivity index (χ3v) is 4.02. The van der Waals surface area contributed by atoms with E-state index >= 15 is 0 Å². The van der Waals surface area contributed by atoms with Crippen molar-refractivity contribution in [2.24, 2.45) is 0 Å². The fraction of sp³-hybridized carbons (Fsp3) is 0.611. The molecule has 1 aromatic carbocycles. The minimum atomic E-state index is -0.151. The van der Waals surface area contributed by atoms with Gasteiger partial charge >= 0.3 is 6.03 Å². The Hall–Kier alpha value is -1.79. The SMILES string of the molecule is CC(C)c1ccc(OCCNC(=O)NCCN2CCOCC2)cc1. The number of hydrogen-bond acceptors (Lipinski definition) is 4. The van der Waals surface area contributed by atoms with E-state index in [1.807, 2.05) is 12.1 Å². The Bertz CT molecular complexity index is 485. The van der Waals surface area contributed by atoms with E-state index in [4.69, 9.17) is 9.47 Å². The fourth-order valence-electron chi connectivity index (χ4n) is 2.50. The minimum Gasteiger partial charge on any atom is -0.492 e. The van der Waals surface area contributed by atoms with Crippen LogP contribution in [0.15, 0.2) is 24.3 Å². The summed E-state index contributed by atoms with van der Waals surface area (Å²) < 4.78 is 10.9. The molecule has 6 nitrogen and oxygen atoms in total. The molecule has 6 heteroatoms. The molecule has 0 aliphatic carbocycles. The summed E-state index contributed by atoms with van der Waals surface area (Å²) in [6.07, 6.45) is 0. The molecule has 24 heavy (non-hydrogen) atoms. The first-order valence-electron chi connectivity index (χ1n) is 8.69. The summed E-state index contributed by atoms with van der Waals surface area (Å²) in [6, 6.07) is 7.94. The lowest BCUT2D eigenvalue weighted by atomic mass is 10.0. The zero-order chi connectivity index (χ0) is 17.2. The second-order valence-corrected chi connectivity index (χ2v) is 6.21. The van der Waals surface area contributed by atoms with E-state index in [0.717, 1.165) is 38.6 Å². The van der Waals surface area contributed by atoms with Gasteiger partial charge in [0.05, 0.1) is 19.8 Å². The van der Waals surface area contributed by atoms with Crippen molar-refractivity contribution in [1.82, 2.24) is 15.5 Å².